The monoisotopic (exact) mass is 103 g/mol. The third kappa shape index (κ3) is 250. The first-order valence-corrected chi connectivity index (χ1v) is 1.91. The summed E-state index contributed by atoms with van der Waals surface area (Å²) in [7, 11) is 0. The van der Waals surface area contributed by atoms with E-state index in [1.807, 2.05) is 0 Å². The van der Waals surface area contributed by atoms with Crippen molar-refractivity contribution in [1.29, 1.82) is 0 Å². The van der Waals surface area contributed by atoms with E-state index in [2.05, 4.69) is 0 Å². The third-order valence-electron chi connectivity index (χ3n) is 0. The Hall–Kier alpha value is -0.0805. The van der Waals surface area contributed by atoms with Crippen LogP contribution in [0.25, 0.3) is 0 Å². The van der Waals surface area contributed by atoms with E-state index in [-0.39, 0.29) is 0 Å². The molecule has 0 saturated carbocycles. The molecule has 4 heavy (non-hydrogen) atoms. The average Bonchev–Trinajstić information content (AvgIpc) is 0.811. The molecule has 0 atom stereocenters. The van der Waals surface area contributed by atoms with Crippen molar-refractivity contribution in [3.8, 4) is 0 Å². The standard InChI is InChI=1S/Mn.3O. The first kappa shape index (κ1) is 3.92. The second kappa shape index (κ2) is 1.26. The summed E-state index contributed by atoms with van der Waals surface area (Å²) < 4.78 is 25.6. The molecule has 0 spiro atoms. The summed E-state index contributed by atoms with van der Waals surface area (Å²) in [5.41, 5.74) is 0. The van der Waals surface area contributed by atoms with Crippen molar-refractivity contribution >= 4 is 0 Å². The second-order valence-electron chi connectivity index (χ2n) is 0.189. The van der Waals surface area contributed by atoms with E-state index in [4.69, 9.17) is 11.5 Å². The fourth-order valence-electron chi connectivity index (χ4n) is 0. The molecule has 4 heteroatoms. The molecule has 25 valence electrons. The normalized spacial score (nSPS) is 6.00. The van der Waals surface area contributed by atoms with Gasteiger partial charge in [-0.2, -0.15) is 0 Å². The minimum absolute atomic E-state index is 3.65. The Labute approximate surface area is 26.1 Å². The zero-order valence-corrected chi connectivity index (χ0v) is 2.78. The van der Waals surface area contributed by atoms with E-state index >= 15 is 0 Å². The second-order valence-corrected chi connectivity index (χ2v) is 0.779. The molecule has 0 N–H and O–H groups in total. The molecule has 0 aromatic carbocycles. The summed E-state index contributed by atoms with van der Waals surface area (Å²) >= 11 is -3.65. The van der Waals surface area contributed by atoms with Gasteiger partial charge in [-0.25, -0.2) is 0 Å². The predicted molar refractivity (Wildman–Crippen MR) is 2.06 cm³/mol. The summed E-state index contributed by atoms with van der Waals surface area (Å²) in [5.74, 6) is 0. The van der Waals surface area contributed by atoms with Crippen LogP contribution in [0.4, 0.5) is 0 Å². The van der Waals surface area contributed by atoms with Crippen molar-refractivity contribution in [2.24, 2.45) is 0 Å². The molecule has 0 heterocycles. The SMILES string of the molecule is [O]=[Mn](=[O])=[O]. The van der Waals surface area contributed by atoms with Gasteiger partial charge < -0.3 is 0 Å². The van der Waals surface area contributed by atoms with Crippen LogP contribution >= 0.6 is 0 Å². The number of hydrogen-bond donors (Lipinski definition) is 0. The maximum absolute atomic E-state index is 8.52. The van der Waals surface area contributed by atoms with Crippen LogP contribution in [-0.2, 0) is 25.2 Å². The van der Waals surface area contributed by atoms with Crippen LogP contribution in [0.15, 0.2) is 0 Å². The van der Waals surface area contributed by atoms with Crippen molar-refractivity contribution in [2.75, 3.05) is 0 Å². The molecular weight excluding hydrogens is 103 g/mol. The van der Waals surface area contributed by atoms with Gasteiger partial charge in [0.25, 0.3) is 0 Å². The van der Waals surface area contributed by atoms with Crippen LogP contribution < -0.4 is 0 Å². The van der Waals surface area contributed by atoms with Crippen molar-refractivity contribution in [3.63, 3.8) is 0 Å². The van der Waals surface area contributed by atoms with E-state index < -0.39 is 13.7 Å². The van der Waals surface area contributed by atoms with E-state index in [0.29, 0.717) is 0 Å². The molecular formula is MnO3. The van der Waals surface area contributed by atoms with Gasteiger partial charge in [-0.15, -0.1) is 0 Å². The molecule has 0 fully saturated rings. The quantitative estimate of drug-likeness (QED) is 0.393. The summed E-state index contributed by atoms with van der Waals surface area (Å²) in [6, 6.07) is 0. The molecule has 0 unspecified atom stereocenters. The molecule has 3 nitrogen and oxygen atoms in total. The Morgan fingerprint density at radius 3 is 1.00 bits per heavy atom. The van der Waals surface area contributed by atoms with Crippen molar-refractivity contribution < 1.29 is 25.2 Å². The molecule has 0 aromatic heterocycles. The van der Waals surface area contributed by atoms with Crippen LogP contribution in [0.3, 0.4) is 0 Å². The van der Waals surface area contributed by atoms with Crippen molar-refractivity contribution in [3.05, 3.63) is 0 Å². The first-order valence-electron chi connectivity index (χ1n) is 0.463. The van der Waals surface area contributed by atoms with E-state index in [1.165, 1.54) is 0 Å². The van der Waals surface area contributed by atoms with Crippen LogP contribution in [-0.4, -0.2) is 0 Å². The van der Waals surface area contributed by atoms with Gasteiger partial charge >= 0.3 is 25.2 Å². The molecule has 0 radical (unpaired) electrons. The summed E-state index contributed by atoms with van der Waals surface area (Å²) in [6.45, 7) is 0. The topological polar surface area (TPSA) is 51.2 Å². The molecule has 0 aliphatic carbocycles. The fourth-order valence-corrected chi connectivity index (χ4v) is 0. The first-order chi connectivity index (χ1) is 1.73. The van der Waals surface area contributed by atoms with Gasteiger partial charge in [-0.3, -0.25) is 0 Å². The zero-order valence-electron chi connectivity index (χ0n) is 1.60. The third-order valence-corrected chi connectivity index (χ3v) is 0. The number of hydrogen-bond acceptors (Lipinski definition) is 3. The fraction of sp³-hybridized carbons (Fsp3) is 0. The Bertz CT molecular complexity index is 72.7. The Balaban J connectivity index is 4.65. The van der Waals surface area contributed by atoms with Gasteiger partial charge in [0.15, 0.2) is 0 Å². The van der Waals surface area contributed by atoms with Gasteiger partial charge in [-0.05, 0) is 0 Å². The molecule has 0 aliphatic rings. The molecule has 0 saturated heterocycles. The Morgan fingerprint density at radius 2 is 1.00 bits per heavy atom. The molecule has 0 rings (SSSR count). The van der Waals surface area contributed by atoms with Gasteiger partial charge in [0.2, 0.25) is 0 Å². The van der Waals surface area contributed by atoms with Gasteiger partial charge in [0.1, 0.15) is 0 Å². The molecule has 0 amide bonds. The van der Waals surface area contributed by atoms with Crippen LogP contribution in [0, 0.1) is 0 Å². The van der Waals surface area contributed by atoms with Crippen molar-refractivity contribution in [2.45, 2.75) is 0 Å². The van der Waals surface area contributed by atoms with E-state index in [9.17, 15) is 0 Å². The van der Waals surface area contributed by atoms with Gasteiger partial charge in [-0.1, -0.05) is 0 Å². The number of rotatable bonds is 0. The van der Waals surface area contributed by atoms with Gasteiger partial charge in [0.05, 0.1) is 0 Å². The molecule has 0 bridgehead atoms. The van der Waals surface area contributed by atoms with Gasteiger partial charge in [0, 0.05) is 0 Å². The van der Waals surface area contributed by atoms with Crippen LogP contribution in [0.1, 0.15) is 0 Å². The summed E-state index contributed by atoms with van der Waals surface area (Å²) in [5, 5.41) is 0. The zero-order chi connectivity index (χ0) is 3.58. The molecule has 0 aliphatic heterocycles. The van der Waals surface area contributed by atoms with Crippen LogP contribution in [0.2, 0.25) is 0 Å². The van der Waals surface area contributed by atoms with Crippen LogP contribution in [0.5, 0.6) is 0 Å². The Kier molecular flexibility index (Phi) is 1.24. The Morgan fingerprint density at radius 1 is 1.00 bits per heavy atom. The summed E-state index contributed by atoms with van der Waals surface area (Å²) in [6.07, 6.45) is 0. The minimum atomic E-state index is -3.65. The van der Waals surface area contributed by atoms with Crippen molar-refractivity contribution in [1.82, 2.24) is 0 Å². The summed E-state index contributed by atoms with van der Waals surface area (Å²) in [4.78, 5) is 0. The van der Waals surface area contributed by atoms with E-state index in [0.717, 1.165) is 0 Å². The maximum atomic E-state index is 8.52. The predicted octanol–water partition coefficient (Wildman–Crippen LogP) is -0.359. The molecule has 0 aromatic rings. The average molecular weight is 103 g/mol. The van der Waals surface area contributed by atoms with E-state index in [1.54, 1.807) is 0 Å².